The Bertz CT molecular complexity index is 389. The van der Waals surface area contributed by atoms with Crippen molar-refractivity contribution in [1.82, 2.24) is 5.32 Å². The van der Waals surface area contributed by atoms with Crippen LogP contribution in [0.3, 0.4) is 0 Å². The Balaban J connectivity index is 2.97. The van der Waals surface area contributed by atoms with Crippen molar-refractivity contribution in [2.24, 2.45) is 5.92 Å². The highest BCUT2D eigenvalue weighted by molar-refractivity contribution is 6.27. The molecule has 16 heavy (non-hydrogen) atoms. The van der Waals surface area contributed by atoms with Crippen LogP contribution in [0, 0.1) is 17.2 Å². The van der Waals surface area contributed by atoms with E-state index in [-0.39, 0.29) is 11.3 Å². The minimum atomic E-state index is -0.811. The molecule has 1 heterocycles. The topological polar surface area (TPSA) is 90.2 Å². The number of aliphatic hydroxyl groups is 1. The van der Waals surface area contributed by atoms with Crippen molar-refractivity contribution in [3.8, 4) is 6.07 Å². The van der Waals surface area contributed by atoms with Gasteiger partial charge in [-0.2, -0.15) is 5.26 Å². The summed E-state index contributed by atoms with van der Waals surface area (Å²) in [6, 6.07) is 1.20. The summed E-state index contributed by atoms with van der Waals surface area (Å²) in [5.74, 6) is -1.90. The van der Waals surface area contributed by atoms with Crippen LogP contribution in [0.2, 0.25) is 0 Å². The molecule has 86 valence electrons. The second-order valence-corrected chi connectivity index (χ2v) is 3.80. The van der Waals surface area contributed by atoms with Gasteiger partial charge in [0.15, 0.2) is 5.78 Å². The third-order valence-corrected chi connectivity index (χ3v) is 2.57. The summed E-state index contributed by atoms with van der Waals surface area (Å²) in [6.45, 7) is 3.19. The number of hydrogen-bond acceptors (Lipinski definition) is 4. The van der Waals surface area contributed by atoms with Crippen molar-refractivity contribution in [3.05, 3.63) is 11.3 Å². The van der Waals surface area contributed by atoms with Gasteiger partial charge in [-0.1, -0.05) is 13.3 Å². The second-order valence-electron chi connectivity index (χ2n) is 3.80. The van der Waals surface area contributed by atoms with E-state index in [1.165, 1.54) is 6.92 Å². The summed E-state index contributed by atoms with van der Waals surface area (Å²) < 4.78 is 0. The predicted molar refractivity (Wildman–Crippen MR) is 56.3 cm³/mol. The van der Waals surface area contributed by atoms with Crippen LogP contribution in [0.15, 0.2) is 11.3 Å². The molecular weight excluding hydrogens is 208 g/mol. The van der Waals surface area contributed by atoms with Gasteiger partial charge in [-0.3, -0.25) is 9.59 Å². The third-order valence-electron chi connectivity index (χ3n) is 2.57. The highest BCUT2D eigenvalue weighted by atomic mass is 16.3. The van der Waals surface area contributed by atoms with Crippen LogP contribution >= 0.6 is 0 Å². The largest absolute Gasteiger partial charge is 0.512 e. The minimum Gasteiger partial charge on any atom is -0.512 e. The quantitative estimate of drug-likeness (QED) is 0.420. The average molecular weight is 222 g/mol. The zero-order chi connectivity index (χ0) is 12.3. The molecule has 0 aromatic heterocycles. The molecule has 0 spiro atoms. The van der Waals surface area contributed by atoms with Crippen LogP contribution in [0.25, 0.3) is 0 Å². The van der Waals surface area contributed by atoms with Crippen molar-refractivity contribution < 1.29 is 14.7 Å². The van der Waals surface area contributed by atoms with E-state index in [1.54, 1.807) is 0 Å². The van der Waals surface area contributed by atoms with Crippen molar-refractivity contribution >= 4 is 11.7 Å². The van der Waals surface area contributed by atoms with Crippen LogP contribution in [-0.2, 0) is 9.59 Å². The number of nitriles is 1. The molecule has 0 aromatic carbocycles. The Morgan fingerprint density at radius 2 is 2.25 bits per heavy atom. The normalized spacial score (nSPS) is 24.9. The lowest BCUT2D eigenvalue weighted by atomic mass is 9.93. The van der Waals surface area contributed by atoms with Crippen LogP contribution in [-0.4, -0.2) is 22.8 Å². The number of nitrogens with one attached hydrogen (secondary N) is 1. The molecule has 2 N–H and O–H groups in total. The molecule has 5 heteroatoms. The second kappa shape index (κ2) is 4.79. The van der Waals surface area contributed by atoms with Crippen LogP contribution in [0.5, 0.6) is 0 Å². The number of aliphatic hydroxyl groups excluding tert-OH is 1. The van der Waals surface area contributed by atoms with Gasteiger partial charge >= 0.3 is 0 Å². The highest BCUT2D eigenvalue weighted by Gasteiger charge is 2.41. The molecule has 1 saturated heterocycles. The lowest BCUT2D eigenvalue weighted by molar-refractivity contribution is -0.117. The minimum absolute atomic E-state index is 0.221. The van der Waals surface area contributed by atoms with Gasteiger partial charge in [0.05, 0.1) is 12.0 Å². The van der Waals surface area contributed by atoms with Gasteiger partial charge in [-0.25, -0.2) is 0 Å². The van der Waals surface area contributed by atoms with Crippen LogP contribution < -0.4 is 5.32 Å². The smallest absolute Gasteiger partial charge is 0.259 e. The summed E-state index contributed by atoms with van der Waals surface area (Å²) in [5, 5.41) is 20.6. The Morgan fingerprint density at radius 3 is 2.62 bits per heavy atom. The first kappa shape index (κ1) is 12.2. The molecule has 0 radical (unpaired) electrons. The Labute approximate surface area is 93.8 Å². The summed E-state index contributed by atoms with van der Waals surface area (Å²) in [6.07, 6.45) is 1.31. The monoisotopic (exact) mass is 222 g/mol. The number of amides is 1. The predicted octanol–water partition coefficient (Wildman–Crippen LogP) is 0.826. The van der Waals surface area contributed by atoms with E-state index in [2.05, 4.69) is 5.32 Å². The SMILES string of the molecule is CCCC(C#N)C1NC(=O)/C(=C(/C)O)C1=O. The lowest BCUT2D eigenvalue weighted by Crippen LogP contribution is -2.36. The molecule has 1 amide bonds. The zero-order valence-electron chi connectivity index (χ0n) is 9.28. The summed E-state index contributed by atoms with van der Waals surface area (Å²) in [4.78, 5) is 23.2. The number of nitrogens with zero attached hydrogens (tertiary/aromatic N) is 1. The van der Waals surface area contributed by atoms with Gasteiger partial charge in [0.1, 0.15) is 17.4 Å². The number of allylic oxidation sites excluding steroid dienone is 1. The number of hydrogen-bond donors (Lipinski definition) is 2. The molecule has 0 saturated carbocycles. The standard InChI is InChI=1S/C11H14N2O3/c1-3-4-7(5-12)9-10(15)8(6(2)14)11(16)13-9/h7,9,14H,3-4H2,1-2H3,(H,13,16)/b8-6-. The van der Waals surface area contributed by atoms with Gasteiger partial charge < -0.3 is 10.4 Å². The molecule has 2 atom stereocenters. The zero-order valence-corrected chi connectivity index (χ0v) is 9.28. The molecule has 2 unspecified atom stereocenters. The first-order chi connectivity index (χ1) is 7.52. The number of carbonyl (C=O) groups is 2. The number of ketones is 1. The molecular formula is C11H14N2O3. The van der Waals surface area contributed by atoms with E-state index in [4.69, 9.17) is 5.26 Å². The van der Waals surface area contributed by atoms with E-state index in [9.17, 15) is 14.7 Å². The van der Waals surface area contributed by atoms with Gasteiger partial charge in [0, 0.05) is 0 Å². The number of Topliss-reactive ketones (excluding diaryl/α,β-unsaturated/α-hetero) is 1. The summed E-state index contributed by atoms with van der Waals surface area (Å²) in [5.41, 5.74) is -0.221. The highest BCUT2D eigenvalue weighted by Crippen LogP contribution is 2.21. The fourth-order valence-corrected chi connectivity index (χ4v) is 1.79. The van der Waals surface area contributed by atoms with Crippen molar-refractivity contribution in [2.45, 2.75) is 32.7 Å². The van der Waals surface area contributed by atoms with Gasteiger partial charge in [0.2, 0.25) is 0 Å². The van der Waals surface area contributed by atoms with Gasteiger partial charge in [-0.05, 0) is 13.3 Å². The number of carbonyl (C=O) groups excluding carboxylic acids is 2. The fraction of sp³-hybridized carbons (Fsp3) is 0.545. The molecule has 5 nitrogen and oxygen atoms in total. The van der Waals surface area contributed by atoms with E-state index < -0.39 is 23.7 Å². The van der Waals surface area contributed by atoms with Crippen molar-refractivity contribution in [2.75, 3.05) is 0 Å². The van der Waals surface area contributed by atoms with E-state index in [1.807, 2.05) is 13.0 Å². The first-order valence-electron chi connectivity index (χ1n) is 5.17. The molecule has 1 aliphatic rings. The van der Waals surface area contributed by atoms with Crippen LogP contribution in [0.1, 0.15) is 26.7 Å². The third kappa shape index (κ3) is 2.06. The summed E-state index contributed by atoms with van der Waals surface area (Å²) in [7, 11) is 0. The Morgan fingerprint density at radius 1 is 1.62 bits per heavy atom. The fourth-order valence-electron chi connectivity index (χ4n) is 1.79. The van der Waals surface area contributed by atoms with Gasteiger partial charge in [0.25, 0.3) is 5.91 Å². The molecule has 0 bridgehead atoms. The molecule has 0 aliphatic carbocycles. The molecule has 0 aromatic rings. The Kier molecular flexibility index (Phi) is 3.67. The van der Waals surface area contributed by atoms with Crippen LogP contribution in [0.4, 0.5) is 0 Å². The Hall–Kier alpha value is -1.83. The maximum atomic E-state index is 11.8. The molecule has 1 aliphatic heterocycles. The maximum Gasteiger partial charge on any atom is 0.259 e. The van der Waals surface area contributed by atoms with E-state index in [0.29, 0.717) is 6.42 Å². The molecule has 1 rings (SSSR count). The van der Waals surface area contributed by atoms with Gasteiger partial charge in [-0.15, -0.1) is 0 Å². The number of rotatable bonds is 3. The molecule has 1 fully saturated rings. The maximum absolute atomic E-state index is 11.8. The summed E-state index contributed by atoms with van der Waals surface area (Å²) >= 11 is 0. The lowest BCUT2D eigenvalue weighted by Gasteiger charge is -2.13. The average Bonchev–Trinajstić information content (AvgIpc) is 2.50. The van der Waals surface area contributed by atoms with Crippen molar-refractivity contribution in [3.63, 3.8) is 0 Å². The van der Waals surface area contributed by atoms with Crippen molar-refractivity contribution in [1.29, 1.82) is 5.26 Å². The van der Waals surface area contributed by atoms with E-state index in [0.717, 1.165) is 6.42 Å². The first-order valence-corrected chi connectivity index (χ1v) is 5.17. The van der Waals surface area contributed by atoms with E-state index >= 15 is 0 Å².